The van der Waals surface area contributed by atoms with E-state index in [0.29, 0.717) is 12.0 Å². The number of aromatic hydroxyl groups is 2. The van der Waals surface area contributed by atoms with E-state index in [1.807, 2.05) is 0 Å². The van der Waals surface area contributed by atoms with Gasteiger partial charge in [-0.05, 0) is 62.6 Å². The maximum Gasteiger partial charge on any atom is 0.245 e. The van der Waals surface area contributed by atoms with Crippen LogP contribution in [0.1, 0.15) is 161 Å². The molecule has 0 saturated carbocycles. The summed E-state index contributed by atoms with van der Waals surface area (Å²) < 4.78 is 0. The van der Waals surface area contributed by atoms with Crippen molar-refractivity contribution in [2.45, 2.75) is 180 Å². The standard InChI is InChI=1S/C52H77N5O11/c1-8-9-10-11-12-13-14-15-16-17-18-19-20-21-47(64)56(6)42(32-58)52(68)54-35(4)43(60)26-27-48(65)57(7)49-38-23-25-45(62)40(31-38)39-29-37(22-24-44(39)61)30-41(51(67)53-34(3)36(5)59)55-50(66)33(2)28-46(49)63/h22-25,29,31,33-35,41-42,49,58,61-62H,8-21,26-28,30,32H2,1-7H3,(H,53,67)(H,54,68)(H,55,66)/t33-,34-,35-,41+,42-,49+/m1/s1. The number of ketones is 3. The largest absolute Gasteiger partial charge is 0.507 e. The van der Waals surface area contributed by atoms with Gasteiger partial charge in [-0.1, -0.05) is 103 Å². The average molecular weight is 948 g/mol. The van der Waals surface area contributed by atoms with E-state index < -0.39 is 77.9 Å². The maximum atomic E-state index is 14.2. The number of aliphatic hydroxyl groups is 1. The molecule has 3 rings (SSSR count). The molecule has 0 saturated heterocycles. The average Bonchev–Trinajstić information content (AvgIpc) is 3.30. The molecule has 2 aromatic carbocycles. The molecule has 1 heterocycles. The van der Waals surface area contributed by atoms with Gasteiger partial charge in [0, 0.05) is 63.2 Å². The number of Topliss-reactive ketones (excluding diaryl/α,β-unsaturated/α-hetero) is 3. The number of aliphatic hydroxyl groups excluding tert-OH is 1. The van der Waals surface area contributed by atoms with Gasteiger partial charge in [-0.3, -0.25) is 38.4 Å². The third-order valence-electron chi connectivity index (χ3n) is 13.0. The number of rotatable bonds is 26. The topological polar surface area (TPSA) is 240 Å². The minimum atomic E-state index is -1.33. The fraction of sp³-hybridized carbons (Fsp3) is 0.615. The zero-order valence-corrected chi connectivity index (χ0v) is 41.4. The maximum absolute atomic E-state index is 14.2. The molecule has 6 N–H and O–H groups in total. The van der Waals surface area contributed by atoms with E-state index in [2.05, 4.69) is 22.9 Å². The summed E-state index contributed by atoms with van der Waals surface area (Å²) >= 11 is 0. The summed E-state index contributed by atoms with van der Waals surface area (Å²) in [5.41, 5.74) is 1.00. The first-order valence-corrected chi connectivity index (χ1v) is 24.5. The molecule has 1 aliphatic rings. The summed E-state index contributed by atoms with van der Waals surface area (Å²) in [6.07, 6.45) is 14.2. The second-order valence-corrected chi connectivity index (χ2v) is 18.6. The predicted molar refractivity (Wildman–Crippen MR) is 259 cm³/mol. The highest BCUT2D eigenvalue weighted by molar-refractivity contribution is 5.97. The summed E-state index contributed by atoms with van der Waals surface area (Å²) in [4.78, 5) is 109. The summed E-state index contributed by atoms with van der Waals surface area (Å²) in [6, 6.07) is 2.98. The number of likely N-dealkylation sites (N-methyl/N-ethyl adjacent to an activating group) is 2. The van der Waals surface area contributed by atoms with Crippen LogP contribution >= 0.6 is 0 Å². The summed E-state index contributed by atoms with van der Waals surface area (Å²) in [7, 11) is 2.81. The number of nitrogens with zero attached hydrogens (tertiary/aromatic N) is 2. The molecule has 16 nitrogen and oxygen atoms in total. The molecule has 4 bridgehead atoms. The number of amides is 5. The third-order valence-corrected chi connectivity index (χ3v) is 13.0. The molecular weight excluding hydrogens is 871 g/mol. The monoisotopic (exact) mass is 948 g/mol. The molecule has 0 aliphatic carbocycles. The molecule has 68 heavy (non-hydrogen) atoms. The Morgan fingerprint density at radius 2 is 1.28 bits per heavy atom. The van der Waals surface area contributed by atoms with Crippen molar-refractivity contribution in [2.24, 2.45) is 5.92 Å². The van der Waals surface area contributed by atoms with Gasteiger partial charge >= 0.3 is 0 Å². The molecule has 0 spiro atoms. The number of nitrogens with one attached hydrogen (secondary N) is 3. The Balaban J connectivity index is 1.65. The van der Waals surface area contributed by atoms with Crippen LogP contribution in [0, 0.1) is 5.92 Å². The normalized spacial score (nSPS) is 17.4. The highest BCUT2D eigenvalue weighted by atomic mass is 16.3. The van der Waals surface area contributed by atoms with E-state index in [1.54, 1.807) is 6.07 Å². The number of unbranched alkanes of at least 4 members (excludes halogenated alkanes) is 12. The van der Waals surface area contributed by atoms with Crippen molar-refractivity contribution in [1.82, 2.24) is 25.8 Å². The first-order chi connectivity index (χ1) is 32.3. The number of phenols is 2. The Bertz CT molecular complexity index is 2060. The van der Waals surface area contributed by atoms with Crippen molar-refractivity contribution in [3.05, 3.63) is 47.5 Å². The predicted octanol–water partition coefficient (Wildman–Crippen LogP) is 6.15. The Kier molecular flexibility index (Phi) is 23.9. The summed E-state index contributed by atoms with van der Waals surface area (Å²) in [6.45, 7) is 7.32. The van der Waals surface area contributed by atoms with Crippen LogP contribution in [0.5, 0.6) is 11.5 Å². The molecule has 5 amide bonds. The van der Waals surface area contributed by atoms with Gasteiger partial charge in [0.05, 0.1) is 18.7 Å². The van der Waals surface area contributed by atoms with E-state index in [4.69, 9.17) is 0 Å². The van der Waals surface area contributed by atoms with Crippen LogP contribution in [0.3, 0.4) is 0 Å². The lowest BCUT2D eigenvalue weighted by Crippen LogP contribution is -2.53. The molecule has 0 aromatic heterocycles. The van der Waals surface area contributed by atoms with Crippen LogP contribution in [0.15, 0.2) is 36.4 Å². The van der Waals surface area contributed by atoms with Crippen LogP contribution in [0.25, 0.3) is 11.1 Å². The van der Waals surface area contributed by atoms with Crippen LogP contribution in [-0.4, -0.2) is 117 Å². The Morgan fingerprint density at radius 1 is 0.721 bits per heavy atom. The highest BCUT2D eigenvalue weighted by Gasteiger charge is 2.34. The molecule has 2 aromatic rings. The number of benzene rings is 2. The van der Waals surface area contributed by atoms with Crippen LogP contribution in [0.4, 0.5) is 0 Å². The van der Waals surface area contributed by atoms with Gasteiger partial charge in [0.1, 0.15) is 29.6 Å². The van der Waals surface area contributed by atoms with Crippen LogP contribution in [-0.2, 0) is 44.8 Å². The zero-order chi connectivity index (χ0) is 50.5. The van der Waals surface area contributed by atoms with Gasteiger partial charge in [0.25, 0.3) is 0 Å². The number of phenolic OH excluding ortho intramolecular Hbond substituents is 2. The Morgan fingerprint density at radius 3 is 1.85 bits per heavy atom. The minimum Gasteiger partial charge on any atom is -0.507 e. The Labute approximate surface area is 402 Å². The van der Waals surface area contributed by atoms with E-state index in [1.165, 1.54) is 135 Å². The lowest BCUT2D eigenvalue weighted by Gasteiger charge is -2.30. The van der Waals surface area contributed by atoms with Gasteiger partial charge < -0.3 is 41.1 Å². The Hall–Kier alpha value is -5.64. The quantitative estimate of drug-likeness (QED) is 0.0585. The van der Waals surface area contributed by atoms with E-state index in [-0.39, 0.29) is 72.0 Å². The molecule has 16 heteroatoms. The zero-order valence-electron chi connectivity index (χ0n) is 41.4. The lowest BCUT2D eigenvalue weighted by atomic mass is 9.89. The van der Waals surface area contributed by atoms with E-state index >= 15 is 0 Å². The number of carbonyl (C=O) groups excluding carboxylic acids is 8. The van der Waals surface area contributed by atoms with E-state index in [0.717, 1.165) is 24.2 Å². The number of hydrogen-bond acceptors (Lipinski definition) is 11. The molecule has 0 radical (unpaired) electrons. The molecule has 376 valence electrons. The first kappa shape index (κ1) is 56.7. The lowest BCUT2D eigenvalue weighted by molar-refractivity contribution is -0.142. The summed E-state index contributed by atoms with van der Waals surface area (Å²) in [5, 5.41) is 39.9. The van der Waals surface area contributed by atoms with Gasteiger partial charge in [0.2, 0.25) is 29.5 Å². The van der Waals surface area contributed by atoms with Crippen molar-refractivity contribution in [1.29, 1.82) is 0 Å². The second-order valence-electron chi connectivity index (χ2n) is 18.6. The fourth-order valence-corrected chi connectivity index (χ4v) is 8.35. The highest BCUT2D eigenvalue weighted by Crippen LogP contribution is 2.39. The van der Waals surface area contributed by atoms with E-state index in [9.17, 15) is 53.7 Å². The molecule has 0 fully saturated rings. The van der Waals surface area contributed by atoms with Crippen molar-refractivity contribution in [3.8, 4) is 22.6 Å². The smallest absolute Gasteiger partial charge is 0.245 e. The van der Waals surface area contributed by atoms with Crippen LogP contribution < -0.4 is 16.0 Å². The number of hydrogen-bond donors (Lipinski definition) is 6. The first-order valence-electron chi connectivity index (χ1n) is 24.5. The van der Waals surface area contributed by atoms with Gasteiger partial charge in [-0.25, -0.2) is 0 Å². The molecular formula is C52H77N5O11. The number of carbonyl (C=O) groups is 8. The van der Waals surface area contributed by atoms with Crippen molar-refractivity contribution >= 4 is 46.9 Å². The summed E-state index contributed by atoms with van der Waals surface area (Å²) in [5.74, 6) is -5.82. The van der Waals surface area contributed by atoms with Crippen molar-refractivity contribution in [2.75, 3.05) is 20.7 Å². The van der Waals surface area contributed by atoms with Gasteiger partial charge in [-0.2, -0.15) is 0 Å². The van der Waals surface area contributed by atoms with Gasteiger partial charge in [0.15, 0.2) is 17.3 Å². The van der Waals surface area contributed by atoms with Crippen LogP contribution in [0.2, 0.25) is 0 Å². The second kappa shape index (κ2) is 28.6. The molecule has 1 aliphatic heterocycles. The van der Waals surface area contributed by atoms with Crippen molar-refractivity contribution < 1.29 is 53.7 Å². The van der Waals surface area contributed by atoms with Gasteiger partial charge in [-0.15, -0.1) is 0 Å². The molecule has 6 atom stereocenters. The molecule has 0 unspecified atom stereocenters. The third kappa shape index (κ3) is 17.5. The fourth-order valence-electron chi connectivity index (χ4n) is 8.35. The minimum absolute atomic E-state index is 0.0597. The number of fused-ring (bicyclic) bond motifs is 5. The van der Waals surface area contributed by atoms with Crippen molar-refractivity contribution in [3.63, 3.8) is 0 Å². The SMILES string of the molecule is CCCCCCCCCCCCCCCC(=O)N(C)[C@H](CO)C(=O)N[C@H](C)C(=O)CCC(=O)N(C)[C@@H]1C(=O)C[C@@H](C)C(=O)N[C@H](C(=O)N[C@H](C)C(C)=O)Cc2ccc(O)c(c2)-c2cc1ccc2O.